The van der Waals surface area contributed by atoms with Gasteiger partial charge in [-0.3, -0.25) is 9.78 Å². The maximum Gasteiger partial charge on any atom is 0.416 e. The minimum absolute atomic E-state index is 0.179. The van der Waals surface area contributed by atoms with Crippen molar-refractivity contribution in [2.45, 2.75) is 20.0 Å². The van der Waals surface area contributed by atoms with Crippen molar-refractivity contribution >= 4 is 11.6 Å². The van der Waals surface area contributed by atoms with Gasteiger partial charge in [-0.25, -0.2) is 9.97 Å². The molecule has 0 radical (unpaired) electrons. The van der Waals surface area contributed by atoms with Crippen molar-refractivity contribution in [1.29, 1.82) is 0 Å². The molecule has 8 heteroatoms. The highest BCUT2D eigenvalue weighted by Crippen LogP contribution is 2.32. The van der Waals surface area contributed by atoms with E-state index in [-0.39, 0.29) is 5.91 Å². The topological polar surface area (TPSA) is 67.8 Å². The number of aromatic nitrogens is 3. The Bertz CT molecular complexity index is 1320. The summed E-state index contributed by atoms with van der Waals surface area (Å²) in [5.41, 5.74) is 3.89. The molecule has 0 aliphatic heterocycles. The summed E-state index contributed by atoms with van der Waals surface area (Å²) in [6.07, 6.45) is -2.77. The number of halogens is 3. The lowest BCUT2D eigenvalue weighted by atomic mass is 10.0. The summed E-state index contributed by atoms with van der Waals surface area (Å²) >= 11 is 0. The first kappa shape index (κ1) is 22.1. The van der Waals surface area contributed by atoms with Crippen LogP contribution in [0.4, 0.5) is 18.9 Å². The van der Waals surface area contributed by atoms with Crippen molar-refractivity contribution in [3.05, 3.63) is 84.2 Å². The van der Waals surface area contributed by atoms with Crippen LogP contribution in [-0.2, 0) is 11.0 Å². The molecule has 0 atom stereocenters. The monoisotopic (exact) mass is 448 g/mol. The lowest BCUT2D eigenvalue weighted by Gasteiger charge is -2.10. The van der Waals surface area contributed by atoms with E-state index in [1.165, 1.54) is 19.1 Å². The largest absolute Gasteiger partial charge is 0.416 e. The third-order valence-corrected chi connectivity index (χ3v) is 4.86. The van der Waals surface area contributed by atoms with Crippen LogP contribution in [0.5, 0.6) is 0 Å². The third-order valence-electron chi connectivity index (χ3n) is 4.86. The quantitative estimate of drug-likeness (QED) is 0.406. The molecule has 0 saturated heterocycles. The molecular formula is C25H19F3N4O. The van der Waals surface area contributed by atoms with Crippen molar-refractivity contribution in [3.63, 3.8) is 0 Å². The normalized spacial score (nSPS) is 11.3. The van der Waals surface area contributed by atoms with Crippen LogP contribution in [-0.4, -0.2) is 20.9 Å². The van der Waals surface area contributed by atoms with E-state index in [2.05, 4.69) is 20.3 Å². The van der Waals surface area contributed by atoms with Crippen LogP contribution in [0.3, 0.4) is 0 Å². The van der Waals surface area contributed by atoms with E-state index in [1.54, 1.807) is 36.5 Å². The summed E-state index contributed by atoms with van der Waals surface area (Å²) in [4.78, 5) is 24.8. The first-order valence-electron chi connectivity index (χ1n) is 10.1. The van der Waals surface area contributed by atoms with Gasteiger partial charge in [0.2, 0.25) is 5.91 Å². The van der Waals surface area contributed by atoms with Gasteiger partial charge in [-0.15, -0.1) is 0 Å². The van der Waals surface area contributed by atoms with E-state index < -0.39 is 11.7 Å². The van der Waals surface area contributed by atoms with Crippen LogP contribution in [0.2, 0.25) is 0 Å². The number of nitrogens with zero attached hydrogens (tertiary/aromatic N) is 3. The number of pyridine rings is 1. The van der Waals surface area contributed by atoms with Gasteiger partial charge in [0.15, 0.2) is 5.82 Å². The molecule has 2 aromatic heterocycles. The van der Waals surface area contributed by atoms with Crippen molar-refractivity contribution in [2.75, 3.05) is 5.32 Å². The molecule has 5 nitrogen and oxygen atoms in total. The Balaban J connectivity index is 1.69. The van der Waals surface area contributed by atoms with Crippen LogP contribution in [0.1, 0.15) is 18.2 Å². The van der Waals surface area contributed by atoms with E-state index in [4.69, 9.17) is 0 Å². The second-order valence-corrected chi connectivity index (χ2v) is 7.49. The summed E-state index contributed by atoms with van der Waals surface area (Å²) in [5, 5.41) is 2.73. The summed E-state index contributed by atoms with van der Waals surface area (Å²) in [7, 11) is 0. The van der Waals surface area contributed by atoms with Gasteiger partial charge < -0.3 is 5.32 Å². The molecule has 0 fully saturated rings. The minimum atomic E-state index is -4.38. The summed E-state index contributed by atoms with van der Waals surface area (Å²) < 4.78 is 38.7. The fraction of sp³-hybridized carbons (Fsp3) is 0.120. The van der Waals surface area contributed by atoms with Crippen LogP contribution >= 0.6 is 0 Å². The average molecular weight is 448 g/mol. The second-order valence-electron chi connectivity index (χ2n) is 7.49. The second kappa shape index (κ2) is 8.82. The molecule has 0 aliphatic rings. The maximum atomic E-state index is 12.9. The highest BCUT2D eigenvalue weighted by atomic mass is 19.4. The number of nitrogens with one attached hydrogen (secondary N) is 1. The van der Waals surface area contributed by atoms with Crippen molar-refractivity contribution in [3.8, 4) is 33.9 Å². The van der Waals surface area contributed by atoms with Crippen molar-refractivity contribution in [1.82, 2.24) is 15.0 Å². The van der Waals surface area contributed by atoms with E-state index in [1.807, 2.05) is 19.1 Å². The lowest BCUT2D eigenvalue weighted by Crippen LogP contribution is -2.05. The van der Waals surface area contributed by atoms with E-state index in [0.29, 0.717) is 34.2 Å². The first-order valence-corrected chi connectivity index (χ1v) is 10.1. The zero-order chi connectivity index (χ0) is 23.6. The smallest absolute Gasteiger partial charge is 0.326 e. The highest BCUT2D eigenvalue weighted by Gasteiger charge is 2.30. The van der Waals surface area contributed by atoms with Gasteiger partial charge in [-0.2, -0.15) is 13.2 Å². The van der Waals surface area contributed by atoms with Crippen molar-refractivity contribution < 1.29 is 18.0 Å². The molecule has 0 unspecified atom stereocenters. The summed E-state index contributed by atoms with van der Waals surface area (Å²) in [5.74, 6) is 0.278. The Morgan fingerprint density at radius 3 is 2.30 bits per heavy atom. The minimum Gasteiger partial charge on any atom is -0.326 e. The number of amides is 1. The molecule has 0 bridgehead atoms. The fourth-order valence-corrected chi connectivity index (χ4v) is 3.40. The Labute approximate surface area is 188 Å². The number of carbonyl (C=O) groups is 1. The molecule has 1 N–H and O–H groups in total. The Hall–Kier alpha value is -4.07. The molecule has 166 valence electrons. The van der Waals surface area contributed by atoms with E-state index in [9.17, 15) is 18.0 Å². The first-order chi connectivity index (χ1) is 15.7. The molecule has 33 heavy (non-hydrogen) atoms. The number of rotatable bonds is 4. The van der Waals surface area contributed by atoms with Crippen LogP contribution < -0.4 is 5.32 Å². The number of carbonyl (C=O) groups excluding carboxylic acids is 1. The van der Waals surface area contributed by atoms with Crippen LogP contribution in [0.15, 0.2) is 72.9 Å². The molecule has 2 heterocycles. The molecule has 1 amide bonds. The molecule has 0 spiro atoms. The van der Waals surface area contributed by atoms with Gasteiger partial charge in [-0.1, -0.05) is 24.3 Å². The summed E-state index contributed by atoms with van der Waals surface area (Å²) in [6, 6.07) is 17.5. The number of benzene rings is 2. The number of hydrogen-bond donors (Lipinski definition) is 1. The number of anilines is 1. The Kier molecular flexibility index (Phi) is 5.91. The molecule has 0 saturated carbocycles. The van der Waals surface area contributed by atoms with Crippen LogP contribution in [0.25, 0.3) is 33.9 Å². The molecule has 2 aromatic carbocycles. The number of hydrogen-bond acceptors (Lipinski definition) is 4. The molecule has 4 rings (SSSR count). The zero-order valence-electron chi connectivity index (χ0n) is 17.8. The Morgan fingerprint density at radius 2 is 1.61 bits per heavy atom. The predicted molar refractivity (Wildman–Crippen MR) is 120 cm³/mol. The average Bonchev–Trinajstić information content (AvgIpc) is 2.78. The predicted octanol–water partition coefficient (Wildman–Crippen LogP) is 6.16. The molecule has 0 aliphatic carbocycles. The van der Waals surface area contributed by atoms with Crippen molar-refractivity contribution in [2.24, 2.45) is 0 Å². The van der Waals surface area contributed by atoms with Crippen LogP contribution in [0, 0.1) is 6.92 Å². The number of alkyl halides is 3. The van der Waals surface area contributed by atoms with Gasteiger partial charge >= 0.3 is 6.18 Å². The molecule has 4 aromatic rings. The van der Waals surface area contributed by atoms with Gasteiger partial charge in [-0.05, 0) is 60.5 Å². The maximum absolute atomic E-state index is 12.9. The van der Waals surface area contributed by atoms with E-state index >= 15 is 0 Å². The zero-order valence-corrected chi connectivity index (χ0v) is 17.8. The Morgan fingerprint density at radius 1 is 0.848 bits per heavy atom. The van der Waals surface area contributed by atoms with E-state index in [0.717, 1.165) is 23.3 Å². The van der Waals surface area contributed by atoms with Gasteiger partial charge in [0.05, 0.1) is 17.0 Å². The number of aryl methyl sites for hydroxylation is 1. The highest BCUT2D eigenvalue weighted by molar-refractivity contribution is 5.89. The third kappa shape index (κ3) is 5.23. The standard InChI is InChI=1S/C25H19F3N4O/c1-15-12-19(17-6-8-20(9-7-17)25(26,27)28)14-23(30-15)22-10-11-29-24(32-22)18-4-3-5-21(13-18)31-16(2)33/h3-14H,1-2H3,(H,31,33). The van der Waals surface area contributed by atoms with Gasteiger partial charge in [0.1, 0.15) is 0 Å². The SMILES string of the molecule is CC(=O)Nc1cccc(-c2nccc(-c3cc(-c4ccc(C(F)(F)F)cc4)cc(C)n3)n2)c1. The molecular weight excluding hydrogens is 429 g/mol. The van der Waals surface area contributed by atoms with Gasteiger partial charge in [0.25, 0.3) is 0 Å². The van der Waals surface area contributed by atoms with Gasteiger partial charge in [0, 0.05) is 30.1 Å². The summed E-state index contributed by atoms with van der Waals surface area (Å²) in [6.45, 7) is 3.25. The fourth-order valence-electron chi connectivity index (χ4n) is 3.40. The lowest BCUT2D eigenvalue weighted by molar-refractivity contribution is -0.137.